The van der Waals surface area contributed by atoms with Gasteiger partial charge in [0.1, 0.15) is 6.10 Å². The van der Waals surface area contributed by atoms with Crippen LogP contribution in [0.4, 0.5) is 0 Å². The Hall–Kier alpha value is -1.79. The third-order valence-electron chi connectivity index (χ3n) is 5.94. The van der Waals surface area contributed by atoms with E-state index in [4.69, 9.17) is 18.9 Å². The molecule has 3 aliphatic heterocycles. The lowest BCUT2D eigenvalue weighted by molar-refractivity contribution is -0.149. The van der Waals surface area contributed by atoms with Crippen LogP contribution in [0.3, 0.4) is 0 Å². The third-order valence-corrected chi connectivity index (χ3v) is 5.94. The average Bonchev–Trinajstić information content (AvgIpc) is 3.22. The lowest BCUT2D eigenvalue weighted by Gasteiger charge is -2.45. The van der Waals surface area contributed by atoms with Gasteiger partial charge in [-0.2, -0.15) is 0 Å². The number of piperidine rings is 1. The van der Waals surface area contributed by atoms with Gasteiger partial charge in [-0.1, -0.05) is 0 Å². The zero-order valence-corrected chi connectivity index (χ0v) is 15.6. The smallest absolute Gasteiger partial charge is 0.251 e. The molecule has 1 aromatic carbocycles. The lowest BCUT2D eigenvalue weighted by Crippen LogP contribution is -2.50. The fourth-order valence-corrected chi connectivity index (χ4v) is 4.46. The van der Waals surface area contributed by atoms with Gasteiger partial charge < -0.3 is 23.8 Å². The summed E-state index contributed by atoms with van der Waals surface area (Å²) >= 11 is 0. The van der Waals surface area contributed by atoms with Crippen LogP contribution in [0.15, 0.2) is 12.1 Å². The molecule has 0 radical (unpaired) electrons. The predicted octanol–water partition coefficient (Wildman–Crippen LogP) is 2.27. The SMILES string of the molecule is COc1cc2c(cc1OC)C1(CCN(C(=O)C3CCCO3)CC1)OCC2. The summed E-state index contributed by atoms with van der Waals surface area (Å²) in [6.45, 7) is 2.80. The van der Waals surface area contributed by atoms with Crippen molar-refractivity contribution in [2.45, 2.75) is 43.8 Å². The van der Waals surface area contributed by atoms with E-state index in [1.807, 2.05) is 4.90 Å². The fourth-order valence-electron chi connectivity index (χ4n) is 4.46. The van der Waals surface area contributed by atoms with Gasteiger partial charge >= 0.3 is 0 Å². The summed E-state index contributed by atoms with van der Waals surface area (Å²) in [6, 6.07) is 4.13. The summed E-state index contributed by atoms with van der Waals surface area (Å²) in [7, 11) is 3.32. The number of amides is 1. The van der Waals surface area contributed by atoms with Gasteiger partial charge in [-0.25, -0.2) is 0 Å². The number of benzene rings is 1. The Balaban J connectivity index is 1.55. The number of hydrogen-bond acceptors (Lipinski definition) is 5. The summed E-state index contributed by atoms with van der Waals surface area (Å²) in [5.74, 6) is 1.63. The number of ether oxygens (including phenoxy) is 4. The second-order valence-corrected chi connectivity index (χ2v) is 7.28. The molecule has 1 spiro atoms. The lowest BCUT2D eigenvalue weighted by atomic mass is 9.79. The molecular weight excluding hydrogens is 334 g/mol. The topological polar surface area (TPSA) is 57.2 Å². The van der Waals surface area contributed by atoms with Gasteiger partial charge in [-0.05, 0) is 55.4 Å². The maximum atomic E-state index is 12.6. The fraction of sp³-hybridized carbons (Fsp3) is 0.650. The number of fused-ring (bicyclic) bond motifs is 2. The van der Waals surface area contributed by atoms with Crippen molar-refractivity contribution in [2.75, 3.05) is 40.5 Å². The number of carbonyl (C=O) groups is 1. The molecule has 6 heteroatoms. The van der Waals surface area contributed by atoms with Crippen molar-refractivity contribution < 1.29 is 23.7 Å². The molecular formula is C20H27NO5. The van der Waals surface area contributed by atoms with Crippen LogP contribution >= 0.6 is 0 Å². The van der Waals surface area contributed by atoms with Gasteiger partial charge in [-0.15, -0.1) is 0 Å². The van der Waals surface area contributed by atoms with Gasteiger partial charge in [0.05, 0.1) is 26.4 Å². The second-order valence-electron chi connectivity index (χ2n) is 7.28. The van der Waals surface area contributed by atoms with Gasteiger partial charge in [-0.3, -0.25) is 4.79 Å². The van der Waals surface area contributed by atoms with E-state index in [2.05, 4.69) is 12.1 Å². The van der Waals surface area contributed by atoms with E-state index >= 15 is 0 Å². The van der Waals surface area contributed by atoms with Crippen LogP contribution in [0, 0.1) is 0 Å². The van der Waals surface area contributed by atoms with Crippen LogP contribution in [0.5, 0.6) is 11.5 Å². The number of rotatable bonds is 3. The van der Waals surface area contributed by atoms with Crippen LogP contribution in [-0.2, 0) is 26.3 Å². The van der Waals surface area contributed by atoms with E-state index in [-0.39, 0.29) is 17.6 Å². The Morgan fingerprint density at radius 3 is 2.54 bits per heavy atom. The first-order valence-electron chi connectivity index (χ1n) is 9.46. The van der Waals surface area contributed by atoms with Crippen molar-refractivity contribution in [1.29, 1.82) is 0 Å². The molecule has 1 amide bonds. The Labute approximate surface area is 154 Å². The van der Waals surface area contributed by atoms with E-state index < -0.39 is 0 Å². The molecule has 2 saturated heterocycles. The normalized spacial score (nSPS) is 24.4. The largest absolute Gasteiger partial charge is 0.493 e. The third kappa shape index (κ3) is 2.95. The van der Waals surface area contributed by atoms with Crippen molar-refractivity contribution in [3.8, 4) is 11.5 Å². The molecule has 0 saturated carbocycles. The van der Waals surface area contributed by atoms with Crippen LogP contribution in [0.2, 0.25) is 0 Å². The Morgan fingerprint density at radius 2 is 1.88 bits per heavy atom. The van der Waals surface area contributed by atoms with Crippen LogP contribution in [-0.4, -0.2) is 57.4 Å². The summed E-state index contributed by atoms with van der Waals surface area (Å²) in [6.07, 6.45) is 4.05. The van der Waals surface area contributed by atoms with Crippen molar-refractivity contribution in [3.63, 3.8) is 0 Å². The highest BCUT2D eigenvalue weighted by Gasteiger charge is 2.43. The minimum absolute atomic E-state index is 0.140. The first-order valence-corrected chi connectivity index (χ1v) is 9.46. The molecule has 1 aromatic rings. The Kier molecular flexibility index (Phi) is 4.80. The molecule has 4 rings (SSSR count). The van der Waals surface area contributed by atoms with Crippen molar-refractivity contribution in [2.24, 2.45) is 0 Å². The quantitative estimate of drug-likeness (QED) is 0.827. The first kappa shape index (κ1) is 17.6. The summed E-state index contributed by atoms with van der Waals surface area (Å²) in [5, 5.41) is 0. The molecule has 2 fully saturated rings. The minimum atomic E-state index is -0.333. The number of carbonyl (C=O) groups excluding carboxylic acids is 1. The highest BCUT2D eigenvalue weighted by atomic mass is 16.5. The molecule has 0 aliphatic carbocycles. The van der Waals surface area contributed by atoms with Crippen molar-refractivity contribution in [3.05, 3.63) is 23.3 Å². The highest BCUT2D eigenvalue weighted by Crippen LogP contribution is 2.45. The van der Waals surface area contributed by atoms with E-state index in [0.717, 1.165) is 43.6 Å². The minimum Gasteiger partial charge on any atom is -0.493 e. The number of nitrogens with zero attached hydrogens (tertiary/aromatic N) is 1. The zero-order valence-electron chi connectivity index (χ0n) is 15.6. The molecule has 142 valence electrons. The molecule has 1 unspecified atom stereocenters. The highest BCUT2D eigenvalue weighted by molar-refractivity contribution is 5.81. The van der Waals surface area contributed by atoms with Crippen molar-refractivity contribution in [1.82, 2.24) is 4.90 Å². The standard InChI is InChI=1S/C20H27NO5/c1-23-17-12-14-5-11-26-20(15(14)13-18(17)24-2)6-8-21(9-7-20)19(22)16-4-3-10-25-16/h12-13,16H,3-11H2,1-2H3. The molecule has 1 atom stereocenters. The molecule has 3 heterocycles. The van der Waals surface area contributed by atoms with Gasteiger partial charge in [0.25, 0.3) is 5.91 Å². The maximum absolute atomic E-state index is 12.6. The number of hydrogen-bond donors (Lipinski definition) is 0. The number of likely N-dealkylation sites (tertiary alicyclic amines) is 1. The van der Waals surface area contributed by atoms with E-state index in [0.29, 0.717) is 26.3 Å². The van der Waals surface area contributed by atoms with Crippen LogP contribution < -0.4 is 9.47 Å². The van der Waals surface area contributed by atoms with Crippen molar-refractivity contribution >= 4 is 5.91 Å². The molecule has 0 bridgehead atoms. The Bertz CT molecular complexity index is 675. The summed E-state index contributed by atoms with van der Waals surface area (Å²) < 4.78 is 22.8. The van der Waals surface area contributed by atoms with Gasteiger partial charge in [0.15, 0.2) is 11.5 Å². The van der Waals surface area contributed by atoms with Gasteiger partial charge in [0, 0.05) is 19.7 Å². The van der Waals surface area contributed by atoms with E-state index in [1.165, 1.54) is 11.1 Å². The molecule has 26 heavy (non-hydrogen) atoms. The maximum Gasteiger partial charge on any atom is 0.251 e. The molecule has 3 aliphatic rings. The predicted molar refractivity (Wildman–Crippen MR) is 95.7 cm³/mol. The van der Waals surface area contributed by atoms with Crippen LogP contribution in [0.1, 0.15) is 36.8 Å². The average molecular weight is 361 g/mol. The second kappa shape index (κ2) is 7.08. The first-order chi connectivity index (χ1) is 12.7. The van der Waals surface area contributed by atoms with Gasteiger partial charge in [0.2, 0.25) is 0 Å². The zero-order chi connectivity index (χ0) is 18.1. The molecule has 0 N–H and O–H groups in total. The number of methoxy groups -OCH3 is 2. The monoisotopic (exact) mass is 361 g/mol. The van der Waals surface area contributed by atoms with E-state index in [1.54, 1.807) is 14.2 Å². The molecule has 0 aromatic heterocycles. The van der Waals surface area contributed by atoms with E-state index in [9.17, 15) is 4.79 Å². The molecule has 6 nitrogen and oxygen atoms in total. The summed E-state index contributed by atoms with van der Waals surface area (Å²) in [4.78, 5) is 14.6. The van der Waals surface area contributed by atoms with Crippen LogP contribution in [0.25, 0.3) is 0 Å². The Morgan fingerprint density at radius 1 is 1.15 bits per heavy atom. The summed E-state index contributed by atoms with van der Waals surface area (Å²) in [5.41, 5.74) is 2.11.